The molecule has 0 saturated carbocycles. The standard InChI is InChI=1S/C35H36N2O3/c1-23-33(21-37(2)20-32-30-12-5-3-8-26(30)18-27-9-4-6-13-31(27)32)39-35(28-10-7-11-29(36)19-28)40-34(23)25-16-14-24(22-38)15-17-25/h3-19,23,33-35,38H,20-22,36H2,1-2H3/t23-,33+,34+,35?/m0/s1. The highest BCUT2D eigenvalue weighted by atomic mass is 16.7. The van der Waals surface area contributed by atoms with Crippen molar-refractivity contribution in [2.75, 3.05) is 19.3 Å². The van der Waals surface area contributed by atoms with Gasteiger partial charge in [-0.1, -0.05) is 91.9 Å². The smallest absolute Gasteiger partial charge is 0.185 e. The maximum Gasteiger partial charge on any atom is 0.185 e. The van der Waals surface area contributed by atoms with Gasteiger partial charge in [-0.05, 0) is 63.5 Å². The highest BCUT2D eigenvalue weighted by molar-refractivity contribution is 6.02. The van der Waals surface area contributed by atoms with Gasteiger partial charge in [-0.3, -0.25) is 4.90 Å². The summed E-state index contributed by atoms with van der Waals surface area (Å²) in [5.74, 6) is 0.101. The molecular formula is C35H36N2O3. The lowest BCUT2D eigenvalue weighted by molar-refractivity contribution is -0.276. The molecule has 5 aromatic rings. The van der Waals surface area contributed by atoms with Crippen molar-refractivity contribution in [3.63, 3.8) is 0 Å². The number of hydrogen-bond acceptors (Lipinski definition) is 5. The number of nitrogen functional groups attached to an aromatic ring is 1. The van der Waals surface area contributed by atoms with Gasteiger partial charge in [-0.2, -0.15) is 0 Å². The van der Waals surface area contributed by atoms with Crippen molar-refractivity contribution in [2.24, 2.45) is 5.92 Å². The predicted molar refractivity (Wildman–Crippen MR) is 162 cm³/mol. The van der Waals surface area contributed by atoms with Gasteiger partial charge in [-0.15, -0.1) is 0 Å². The minimum atomic E-state index is -0.529. The van der Waals surface area contributed by atoms with E-state index in [9.17, 15) is 5.11 Å². The summed E-state index contributed by atoms with van der Waals surface area (Å²) < 4.78 is 13.2. The van der Waals surface area contributed by atoms with Gasteiger partial charge < -0.3 is 20.3 Å². The number of aliphatic hydroxyl groups excluding tert-OH is 1. The normalized spacial score (nSPS) is 21.3. The number of fused-ring (bicyclic) bond motifs is 2. The molecule has 5 aromatic carbocycles. The zero-order chi connectivity index (χ0) is 27.6. The van der Waals surface area contributed by atoms with Crippen LogP contribution in [-0.4, -0.2) is 29.7 Å². The van der Waals surface area contributed by atoms with E-state index in [4.69, 9.17) is 15.2 Å². The Morgan fingerprint density at radius 3 is 2.10 bits per heavy atom. The molecule has 0 bridgehead atoms. The van der Waals surface area contributed by atoms with E-state index in [-0.39, 0.29) is 24.7 Å². The molecular weight excluding hydrogens is 496 g/mol. The van der Waals surface area contributed by atoms with Crippen molar-refractivity contribution in [3.05, 3.63) is 125 Å². The number of nitrogens with two attached hydrogens (primary N) is 1. The third kappa shape index (κ3) is 5.34. The average molecular weight is 533 g/mol. The van der Waals surface area contributed by atoms with Crippen LogP contribution in [0.25, 0.3) is 21.5 Å². The van der Waals surface area contributed by atoms with Crippen LogP contribution in [0.1, 0.15) is 41.6 Å². The van der Waals surface area contributed by atoms with Crippen molar-refractivity contribution < 1.29 is 14.6 Å². The molecule has 5 nitrogen and oxygen atoms in total. The molecule has 204 valence electrons. The molecule has 1 fully saturated rings. The Bertz CT molecular complexity index is 1560. The quantitative estimate of drug-likeness (QED) is 0.175. The molecule has 6 rings (SSSR count). The van der Waals surface area contributed by atoms with E-state index in [1.54, 1.807) is 0 Å². The van der Waals surface area contributed by atoms with Crippen LogP contribution in [0.4, 0.5) is 5.69 Å². The first-order valence-electron chi connectivity index (χ1n) is 13.9. The highest BCUT2D eigenvalue weighted by Crippen LogP contribution is 2.42. The molecule has 1 aliphatic rings. The van der Waals surface area contributed by atoms with Crippen molar-refractivity contribution >= 4 is 27.2 Å². The maximum absolute atomic E-state index is 9.53. The lowest BCUT2D eigenvalue weighted by atomic mass is 9.89. The van der Waals surface area contributed by atoms with E-state index in [1.165, 1.54) is 27.1 Å². The Morgan fingerprint density at radius 1 is 0.775 bits per heavy atom. The minimum Gasteiger partial charge on any atom is -0.399 e. The number of likely N-dealkylation sites (N-methyl/N-ethyl adjacent to an activating group) is 1. The number of aliphatic hydroxyl groups is 1. The molecule has 0 aromatic heterocycles. The van der Waals surface area contributed by atoms with Crippen LogP contribution in [0.2, 0.25) is 0 Å². The summed E-state index contributed by atoms with van der Waals surface area (Å²) in [6.45, 7) is 3.76. The summed E-state index contributed by atoms with van der Waals surface area (Å²) in [7, 11) is 2.17. The number of anilines is 1. The largest absolute Gasteiger partial charge is 0.399 e. The Kier molecular flexibility index (Phi) is 7.55. The van der Waals surface area contributed by atoms with Crippen LogP contribution in [0, 0.1) is 5.92 Å². The SMILES string of the molecule is C[C@H]1[C@@H](CN(C)Cc2c3ccccc3cc3ccccc23)OC(c2cccc(N)c2)O[C@H]1c1ccc(CO)cc1. The van der Waals surface area contributed by atoms with E-state index in [2.05, 4.69) is 85.6 Å². The molecule has 0 aliphatic carbocycles. The lowest BCUT2D eigenvalue weighted by Gasteiger charge is -2.42. The fourth-order valence-electron chi connectivity index (χ4n) is 5.95. The van der Waals surface area contributed by atoms with E-state index in [0.717, 1.165) is 29.8 Å². The monoisotopic (exact) mass is 532 g/mol. The first-order chi connectivity index (χ1) is 19.5. The summed E-state index contributed by atoms with van der Waals surface area (Å²) in [4.78, 5) is 2.36. The van der Waals surface area contributed by atoms with Gasteiger partial charge in [0.15, 0.2) is 6.29 Å². The van der Waals surface area contributed by atoms with Crippen LogP contribution in [0.15, 0.2) is 103 Å². The van der Waals surface area contributed by atoms with Crippen molar-refractivity contribution in [3.8, 4) is 0 Å². The number of ether oxygens (including phenoxy) is 2. The molecule has 4 atom stereocenters. The first kappa shape index (κ1) is 26.5. The Hall–Kier alpha value is -3.74. The molecule has 1 aliphatic heterocycles. The van der Waals surface area contributed by atoms with Crippen molar-refractivity contribution in [1.82, 2.24) is 4.90 Å². The molecule has 5 heteroatoms. The number of rotatable bonds is 7. The fourth-order valence-corrected chi connectivity index (χ4v) is 5.95. The molecule has 0 amide bonds. The second kappa shape index (κ2) is 11.4. The van der Waals surface area contributed by atoms with Crippen LogP contribution in [-0.2, 0) is 22.6 Å². The average Bonchev–Trinajstić information content (AvgIpc) is 2.98. The third-order valence-corrected chi connectivity index (χ3v) is 8.11. The van der Waals surface area contributed by atoms with Crippen LogP contribution < -0.4 is 5.73 Å². The Morgan fingerprint density at radius 2 is 1.45 bits per heavy atom. The first-order valence-corrected chi connectivity index (χ1v) is 13.9. The van der Waals surface area contributed by atoms with Gasteiger partial charge in [0.2, 0.25) is 0 Å². The van der Waals surface area contributed by atoms with Crippen molar-refractivity contribution in [1.29, 1.82) is 0 Å². The van der Waals surface area contributed by atoms with E-state index >= 15 is 0 Å². The summed E-state index contributed by atoms with van der Waals surface area (Å²) in [5, 5.41) is 14.6. The Labute approximate surface area is 235 Å². The molecule has 40 heavy (non-hydrogen) atoms. The maximum atomic E-state index is 9.53. The van der Waals surface area contributed by atoms with Gasteiger partial charge in [0, 0.05) is 30.3 Å². The molecule has 0 radical (unpaired) electrons. The number of benzene rings is 5. The fraction of sp³-hybridized carbons (Fsp3) is 0.257. The summed E-state index contributed by atoms with van der Waals surface area (Å²) >= 11 is 0. The van der Waals surface area contributed by atoms with Crippen LogP contribution in [0.5, 0.6) is 0 Å². The number of hydrogen-bond donors (Lipinski definition) is 2. The van der Waals surface area contributed by atoms with Gasteiger partial charge >= 0.3 is 0 Å². The third-order valence-electron chi connectivity index (χ3n) is 8.11. The topological polar surface area (TPSA) is 68.0 Å². The lowest BCUT2D eigenvalue weighted by Crippen LogP contribution is -2.43. The summed E-state index contributed by atoms with van der Waals surface area (Å²) in [6.07, 6.45) is -0.766. The second-order valence-electron chi connectivity index (χ2n) is 11.0. The predicted octanol–water partition coefficient (Wildman–Crippen LogP) is 6.99. The van der Waals surface area contributed by atoms with Crippen molar-refractivity contribution in [2.45, 2.75) is 38.6 Å². The van der Waals surface area contributed by atoms with Gasteiger partial charge in [0.25, 0.3) is 0 Å². The Balaban J connectivity index is 1.31. The van der Waals surface area contributed by atoms with Gasteiger partial charge in [0.1, 0.15) is 0 Å². The zero-order valence-corrected chi connectivity index (χ0v) is 23.0. The highest BCUT2D eigenvalue weighted by Gasteiger charge is 2.39. The number of nitrogens with zero attached hydrogens (tertiary/aromatic N) is 1. The zero-order valence-electron chi connectivity index (χ0n) is 23.0. The van der Waals surface area contributed by atoms with E-state index in [0.29, 0.717) is 5.69 Å². The van der Waals surface area contributed by atoms with E-state index in [1.807, 2.05) is 36.4 Å². The molecule has 0 spiro atoms. The summed E-state index contributed by atoms with van der Waals surface area (Å²) in [6, 6.07) is 35.3. The molecule has 1 heterocycles. The van der Waals surface area contributed by atoms with Gasteiger partial charge in [-0.25, -0.2) is 0 Å². The molecule has 3 N–H and O–H groups in total. The van der Waals surface area contributed by atoms with Crippen LogP contribution in [0.3, 0.4) is 0 Å². The van der Waals surface area contributed by atoms with E-state index < -0.39 is 6.29 Å². The molecule has 1 unspecified atom stereocenters. The molecule has 1 saturated heterocycles. The second-order valence-corrected chi connectivity index (χ2v) is 11.0. The van der Waals surface area contributed by atoms with Crippen LogP contribution >= 0.6 is 0 Å². The minimum absolute atomic E-state index is 0.0205. The van der Waals surface area contributed by atoms with Gasteiger partial charge in [0.05, 0.1) is 18.8 Å². The summed E-state index contributed by atoms with van der Waals surface area (Å²) in [5.41, 5.74) is 11.0.